The van der Waals surface area contributed by atoms with E-state index < -0.39 is 5.54 Å². The molecule has 5 nitrogen and oxygen atoms in total. The fourth-order valence-electron chi connectivity index (χ4n) is 1.34. The molecule has 86 valence electrons. The topological polar surface area (TPSA) is 62.5 Å². The lowest BCUT2D eigenvalue weighted by molar-refractivity contribution is 0.234. The average molecular weight is 285 g/mol. The van der Waals surface area contributed by atoms with Gasteiger partial charge in [0.25, 0.3) is 0 Å². The highest BCUT2D eigenvalue weighted by Gasteiger charge is 2.18. The van der Waals surface area contributed by atoms with Crippen LogP contribution in [0.2, 0.25) is 0 Å². The van der Waals surface area contributed by atoms with Crippen molar-refractivity contribution in [2.45, 2.75) is 19.4 Å². The summed E-state index contributed by atoms with van der Waals surface area (Å²) in [5.41, 5.74) is 0.310. The summed E-state index contributed by atoms with van der Waals surface area (Å²) in [6.45, 7) is 3.82. The maximum absolute atomic E-state index is 9.22. The number of aromatic nitrogens is 3. The fraction of sp³-hybridized carbons (Fsp3) is 0.400. The number of hydrogen-bond acceptors (Lipinski definition) is 4. The van der Waals surface area contributed by atoms with Crippen LogP contribution in [-0.2, 0) is 0 Å². The lowest BCUT2D eigenvalue weighted by Gasteiger charge is -2.24. The van der Waals surface area contributed by atoms with Gasteiger partial charge in [-0.15, -0.1) is 0 Å². The van der Waals surface area contributed by atoms with E-state index in [1.807, 2.05) is 30.6 Å². The van der Waals surface area contributed by atoms with Crippen LogP contribution in [0.1, 0.15) is 13.8 Å². The van der Waals surface area contributed by atoms with E-state index in [1.54, 1.807) is 6.20 Å². The number of hydrogen-bond donors (Lipinski definition) is 2. The van der Waals surface area contributed by atoms with Gasteiger partial charge in [-0.25, -0.2) is 9.97 Å². The van der Waals surface area contributed by atoms with Crippen molar-refractivity contribution < 1.29 is 5.11 Å². The van der Waals surface area contributed by atoms with E-state index in [4.69, 9.17) is 0 Å². The van der Waals surface area contributed by atoms with Crippen LogP contribution in [-0.4, -0.2) is 31.6 Å². The molecule has 0 amide bonds. The summed E-state index contributed by atoms with van der Waals surface area (Å²) < 4.78 is 2.58. The van der Waals surface area contributed by atoms with Gasteiger partial charge in [0.1, 0.15) is 4.60 Å². The number of fused-ring (bicyclic) bond motifs is 1. The molecule has 0 atom stereocenters. The Morgan fingerprint density at radius 2 is 2.31 bits per heavy atom. The number of aliphatic hydroxyl groups excluding tert-OH is 1. The number of aliphatic hydroxyl groups is 1. The first-order valence-electron chi connectivity index (χ1n) is 4.90. The Balaban J connectivity index is 2.47. The minimum atomic E-state index is -0.430. The standard InChI is InChI=1S/C10H13BrN4O/c1-10(2,6-16)14-8-9-12-3-4-15(9)5-7(11)13-8/h3-5,16H,6H2,1-2H3,(H,13,14). The third kappa shape index (κ3) is 2.17. The molecule has 16 heavy (non-hydrogen) atoms. The van der Waals surface area contributed by atoms with Crippen molar-refractivity contribution in [1.82, 2.24) is 14.4 Å². The van der Waals surface area contributed by atoms with E-state index in [1.165, 1.54) is 0 Å². The highest BCUT2D eigenvalue weighted by molar-refractivity contribution is 9.10. The van der Waals surface area contributed by atoms with Crippen molar-refractivity contribution in [1.29, 1.82) is 0 Å². The Bertz CT molecular complexity index is 508. The van der Waals surface area contributed by atoms with Crippen LogP contribution in [0.4, 0.5) is 5.82 Å². The van der Waals surface area contributed by atoms with Crippen LogP contribution < -0.4 is 5.32 Å². The zero-order valence-electron chi connectivity index (χ0n) is 9.11. The Morgan fingerprint density at radius 1 is 1.56 bits per heavy atom. The summed E-state index contributed by atoms with van der Waals surface area (Å²) >= 11 is 3.34. The van der Waals surface area contributed by atoms with Crippen LogP contribution in [0, 0.1) is 0 Å². The number of halogens is 1. The van der Waals surface area contributed by atoms with Crippen LogP contribution in [0.25, 0.3) is 5.65 Å². The third-order valence-corrected chi connectivity index (χ3v) is 2.58. The first kappa shape index (κ1) is 11.3. The summed E-state index contributed by atoms with van der Waals surface area (Å²) in [5.74, 6) is 0.651. The molecule has 0 radical (unpaired) electrons. The first-order chi connectivity index (χ1) is 7.52. The van der Waals surface area contributed by atoms with Gasteiger partial charge < -0.3 is 14.8 Å². The van der Waals surface area contributed by atoms with Crippen molar-refractivity contribution >= 4 is 27.4 Å². The molecular weight excluding hydrogens is 272 g/mol. The van der Waals surface area contributed by atoms with Gasteiger partial charge in [-0.1, -0.05) is 0 Å². The molecular formula is C10H13BrN4O. The molecule has 2 aromatic rings. The van der Waals surface area contributed by atoms with Gasteiger partial charge >= 0.3 is 0 Å². The summed E-state index contributed by atoms with van der Waals surface area (Å²) in [5, 5.41) is 12.4. The number of anilines is 1. The molecule has 2 N–H and O–H groups in total. The lowest BCUT2D eigenvalue weighted by Crippen LogP contribution is -2.35. The van der Waals surface area contributed by atoms with Crippen molar-refractivity contribution in [3.8, 4) is 0 Å². The molecule has 0 saturated heterocycles. The second-order valence-corrected chi connectivity index (χ2v) is 5.05. The van der Waals surface area contributed by atoms with Crippen LogP contribution >= 0.6 is 15.9 Å². The molecule has 0 aliphatic rings. The Labute approximate surface area is 102 Å². The van der Waals surface area contributed by atoms with E-state index in [9.17, 15) is 5.11 Å². The lowest BCUT2D eigenvalue weighted by atomic mass is 10.1. The van der Waals surface area contributed by atoms with Gasteiger partial charge in [0.2, 0.25) is 0 Å². The van der Waals surface area contributed by atoms with Crippen LogP contribution in [0.3, 0.4) is 0 Å². The molecule has 0 aliphatic heterocycles. The zero-order chi connectivity index (χ0) is 11.8. The molecule has 0 spiro atoms. The summed E-state index contributed by atoms with van der Waals surface area (Å²) in [4.78, 5) is 8.53. The average Bonchev–Trinajstić information content (AvgIpc) is 2.65. The molecule has 0 aliphatic carbocycles. The zero-order valence-corrected chi connectivity index (χ0v) is 10.7. The quantitative estimate of drug-likeness (QED) is 0.900. The number of rotatable bonds is 3. The van der Waals surface area contributed by atoms with Gasteiger partial charge in [-0.3, -0.25) is 0 Å². The number of nitrogens with one attached hydrogen (secondary N) is 1. The summed E-state index contributed by atoms with van der Waals surface area (Å²) in [7, 11) is 0. The first-order valence-corrected chi connectivity index (χ1v) is 5.69. The fourth-order valence-corrected chi connectivity index (χ4v) is 1.74. The van der Waals surface area contributed by atoms with Crippen molar-refractivity contribution in [2.75, 3.05) is 11.9 Å². The summed E-state index contributed by atoms with van der Waals surface area (Å²) in [6.07, 6.45) is 5.39. The molecule has 0 bridgehead atoms. The molecule has 2 aromatic heterocycles. The highest BCUT2D eigenvalue weighted by Crippen LogP contribution is 2.20. The van der Waals surface area contributed by atoms with E-state index in [0.29, 0.717) is 10.4 Å². The van der Waals surface area contributed by atoms with Crippen LogP contribution in [0.5, 0.6) is 0 Å². The van der Waals surface area contributed by atoms with Gasteiger partial charge in [-0.05, 0) is 29.8 Å². The maximum atomic E-state index is 9.22. The maximum Gasteiger partial charge on any atom is 0.180 e. The van der Waals surface area contributed by atoms with Crippen molar-refractivity contribution in [3.05, 3.63) is 23.2 Å². The molecule has 0 aromatic carbocycles. The smallest absolute Gasteiger partial charge is 0.180 e. The Kier molecular flexibility index (Phi) is 2.86. The van der Waals surface area contributed by atoms with E-state index in [-0.39, 0.29) is 6.61 Å². The SMILES string of the molecule is CC(C)(CO)Nc1nc(Br)cn2ccnc12. The number of nitrogens with zero attached hydrogens (tertiary/aromatic N) is 3. The second-order valence-electron chi connectivity index (χ2n) is 4.24. The van der Waals surface area contributed by atoms with Crippen molar-refractivity contribution in [3.63, 3.8) is 0 Å². The Hall–Kier alpha value is -1.14. The third-order valence-electron chi connectivity index (χ3n) is 2.20. The van der Waals surface area contributed by atoms with E-state index in [2.05, 4.69) is 31.2 Å². The predicted octanol–water partition coefficient (Wildman–Crippen LogP) is 1.67. The molecule has 2 heterocycles. The molecule has 6 heteroatoms. The van der Waals surface area contributed by atoms with E-state index in [0.717, 1.165) is 5.65 Å². The van der Waals surface area contributed by atoms with Crippen LogP contribution in [0.15, 0.2) is 23.2 Å². The second kappa shape index (κ2) is 4.03. The molecule has 0 fully saturated rings. The predicted molar refractivity (Wildman–Crippen MR) is 65.5 cm³/mol. The minimum Gasteiger partial charge on any atom is -0.394 e. The van der Waals surface area contributed by atoms with Gasteiger partial charge in [-0.2, -0.15) is 0 Å². The summed E-state index contributed by atoms with van der Waals surface area (Å²) in [6, 6.07) is 0. The monoisotopic (exact) mass is 284 g/mol. The molecule has 0 unspecified atom stereocenters. The van der Waals surface area contributed by atoms with Gasteiger partial charge in [0.05, 0.1) is 12.1 Å². The van der Waals surface area contributed by atoms with Crippen molar-refractivity contribution in [2.24, 2.45) is 0 Å². The molecule has 2 rings (SSSR count). The van der Waals surface area contributed by atoms with Gasteiger partial charge in [0, 0.05) is 18.6 Å². The highest BCUT2D eigenvalue weighted by atomic mass is 79.9. The largest absolute Gasteiger partial charge is 0.394 e. The minimum absolute atomic E-state index is 0.0219. The normalized spacial score (nSPS) is 12.0. The van der Waals surface area contributed by atoms with Gasteiger partial charge in [0.15, 0.2) is 11.5 Å². The Morgan fingerprint density at radius 3 is 3.00 bits per heavy atom. The van der Waals surface area contributed by atoms with E-state index >= 15 is 0 Å². The number of imidazole rings is 1. The molecule has 0 saturated carbocycles.